The molecule has 0 fully saturated rings. The van der Waals surface area contributed by atoms with E-state index in [4.69, 9.17) is 11.6 Å². The third-order valence-electron chi connectivity index (χ3n) is 1.55. The van der Waals surface area contributed by atoms with Gasteiger partial charge in [-0.05, 0) is 25.5 Å². The van der Waals surface area contributed by atoms with Crippen molar-refractivity contribution in [3.8, 4) is 0 Å². The number of allylic oxidation sites excluding steroid dienone is 2. The van der Waals surface area contributed by atoms with Crippen LogP contribution in [-0.4, -0.2) is 13.6 Å². The van der Waals surface area contributed by atoms with Crippen LogP contribution < -0.4 is 5.32 Å². The quantitative estimate of drug-likeness (QED) is 0.647. The van der Waals surface area contributed by atoms with Gasteiger partial charge >= 0.3 is 0 Å². The number of nitrogens with one attached hydrogen (secondary N) is 1. The molecule has 2 heteroatoms. The van der Waals surface area contributed by atoms with Crippen LogP contribution >= 0.6 is 11.6 Å². The van der Waals surface area contributed by atoms with Gasteiger partial charge in [-0.15, -0.1) is 0 Å². The molecule has 0 aromatic carbocycles. The Hall–Kier alpha value is -0.270. The molecular formula is C8H12ClN. The summed E-state index contributed by atoms with van der Waals surface area (Å²) < 4.78 is 0. The molecule has 1 nitrogen and oxygen atoms in total. The van der Waals surface area contributed by atoms with Gasteiger partial charge in [0.05, 0.1) is 0 Å². The maximum atomic E-state index is 5.91. The van der Waals surface area contributed by atoms with Gasteiger partial charge in [-0.2, -0.15) is 0 Å². The van der Waals surface area contributed by atoms with Crippen molar-refractivity contribution < 1.29 is 0 Å². The molecule has 1 rings (SSSR count). The first-order valence-electron chi connectivity index (χ1n) is 3.54. The lowest BCUT2D eigenvalue weighted by molar-refractivity contribution is 0.870. The first-order chi connectivity index (χ1) is 4.84. The van der Waals surface area contributed by atoms with Crippen LogP contribution in [0.5, 0.6) is 0 Å². The predicted molar refractivity (Wildman–Crippen MR) is 45.2 cm³/mol. The number of halogens is 1. The lowest BCUT2D eigenvalue weighted by Gasteiger charge is -2.09. The number of hydrogen-bond acceptors (Lipinski definition) is 1. The molecular weight excluding hydrogens is 146 g/mol. The second-order valence-electron chi connectivity index (χ2n) is 2.39. The predicted octanol–water partition coefficient (Wildman–Crippen LogP) is 2.05. The Kier molecular flexibility index (Phi) is 2.97. The van der Waals surface area contributed by atoms with Crippen LogP contribution in [0.4, 0.5) is 0 Å². The second-order valence-corrected chi connectivity index (χ2v) is 2.80. The van der Waals surface area contributed by atoms with Crippen molar-refractivity contribution in [3.05, 3.63) is 22.8 Å². The van der Waals surface area contributed by atoms with E-state index in [1.807, 2.05) is 7.05 Å². The van der Waals surface area contributed by atoms with Crippen molar-refractivity contribution in [2.75, 3.05) is 13.6 Å². The summed E-state index contributed by atoms with van der Waals surface area (Å²) in [6.45, 7) is 0.884. The molecule has 0 amide bonds. The van der Waals surface area contributed by atoms with E-state index < -0.39 is 0 Å². The zero-order chi connectivity index (χ0) is 7.40. The first kappa shape index (κ1) is 7.83. The van der Waals surface area contributed by atoms with Crippen molar-refractivity contribution in [1.29, 1.82) is 0 Å². The van der Waals surface area contributed by atoms with Crippen LogP contribution in [0, 0.1) is 0 Å². The second kappa shape index (κ2) is 3.79. The zero-order valence-electron chi connectivity index (χ0n) is 6.15. The minimum absolute atomic E-state index is 0.884. The topological polar surface area (TPSA) is 12.0 Å². The van der Waals surface area contributed by atoms with Gasteiger partial charge in [0.25, 0.3) is 0 Å². The van der Waals surface area contributed by atoms with Gasteiger partial charge in [0.15, 0.2) is 0 Å². The van der Waals surface area contributed by atoms with Crippen molar-refractivity contribution in [1.82, 2.24) is 5.32 Å². The van der Waals surface area contributed by atoms with Crippen LogP contribution in [0.25, 0.3) is 0 Å². The van der Waals surface area contributed by atoms with Crippen molar-refractivity contribution in [3.63, 3.8) is 0 Å². The van der Waals surface area contributed by atoms with Gasteiger partial charge in [-0.1, -0.05) is 23.8 Å². The fourth-order valence-corrected chi connectivity index (χ4v) is 1.30. The van der Waals surface area contributed by atoms with E-state index >= 15 is 0 Å². The van der Waals surface area contributed by atoms with Crippen molar-refractivity contribution in [2.45, 2.75) is 12.8 Å². The molecule has 0 aromatic rings. The summed E-state index contributed by atoms with van der Waals surface area (Å²) in [5, 5.41) is 3.99. The third kappa shape index (κ3) is 1.86. The number of hydrogen-bond donors (Lipinski definition) is 1. The number of likely N-dealkylation sites (N-methyl/N-ethyl adjacent to an activating group) is 1. The molecule has 0 aliphatic heterocycles. The lowest BCUT2D eigenvalue weighted by atomic mass is 10.1. The summed E-state index contributed by atoms with van der Waals surface area (Å²) >= 11 is 5.91. The average molecular weight is 158 g/mol. The maximum Gasteiger partial charge on any atom is 0.0408 e. The van der Waals surface area contributed by atoms with E-state index in [2.05, 4.69) is 17.5 Å². The van der Waals surface area contributed by atoms with E-state index in [9.17, 15) is 0 Å². The van der Waals surface area contributed by atoms with Gasteiger partial charge in [-0.25, -0.2) is 0 Å². The normalized spacial score (nSPS) is 18.2. The highest BCUT2D eigenvalue weighted by atomic mass is 35.5. The minimum Gasteiger partial charge on any atom is -0.316 e. The smallest absolute Gasteiger partial charge is 0.0408 e. The molecule has 0 saturated carbocycles. The fourth-order valence-electron chi connectivity index (χ4n) is 1.04. The van der Waals surface area contributed by atoms with Crippen molar-refractivity contribution >= 4 is 11.6 Å². The summed E-state index contributed by atoms with van der Waals surface area (Å²) in [6, 6.07) is 0. The van der Waals surface area contributed by atoms with E-state index in [0.29, 0.717) is 0 Å². The van der Waals surface area contributed by atoms with Crippen LogP contribution in [0.1, 0.15) is 12.8 Å². The Bertz CT molecular complexity index is 170. The fraction of sp³-hybridized carbons (Fsp3) is 0.500. The summed E-state index contributed by atoms with van der Waals surface area (Å²) in [4.78, 5) is 0. The van der Waals surface area contributed by atoms with Crippen LogP contribution in [0.3, 0.4) is 0 Å². The van der Waals surface area contributed by atoms with Crippen LogP contribution in [-0.2, 0) is 0 Å². The van der Waals surface area contributed by atoms with Gasteiger partial charge in [-0.3, -0.25) is 0 Å². The Labute approximate surface area is 66.8 Å². The third-order valence-corrected chi connectivity index (χ3v) is 1.95. The summed E-state index contributed by atoms with van der Waals surface area (Å²) in [6.07, 6.45) is 6.49. The Balaban J connectivity index is 2.56. The Morgan fingerprint density at radius 2 is 2.20 bits per heavy atom. The van der Waals surface area contributed by atoms with E-state index in [0.717, 1.165) is 24.4 Å². The molecule has 56 valence electrons. The van der Waals surface area contributed by atoms with Gasteiger partial charge in [0, 0.05) is 11.6 Å². The molecule has 0 radical (unpaired) electrons. The van der Waals surface area contributed by atoms with E-state index in [1.165, 1.54) is 5.57 Å². The number of rotatable bonds is 2. The largest absolute Gasteiger partial charge is 0.316 e. The molecule has 1 aliphatic rings. The van der Waals surface area contributed by atoms with E-state index in [-0.39, 0.29) is 0 Å². The molecule has 0 bridgehead atoms. The summed E-state index contributed by atoms with van der Waals surface area (Å²) in [5.41, 5.74) is 1.23. The molecule has 1 N–H and O–H groups in total. The Morgan fingerprint density at radius 1 is 1.50 bits per heavy atom. The molecule has 0 heterocycles. The molecule has 0 spiro atoms. The Morgan fingerprint density at radius 3 is 2.80 bits per heavy atom. The molecule has 0 atom stereocenters. The molecule has 10 heavy (non-hydrogen) atoms. The van der Waals surface area contributed by atoms with Gasteiger partial charge in [0.2, 0.25) is 0 Å². The highest BCUT2D eigenvalue weighted by molar-refractivity contribution is 6.32. The summed E-state index contributed by atoms with van der Waals surface area (Å²) in [5.74, 6) is 0. The minimum atomic E-state index is 0.884. The average Bonchev–Trinajstić information content (AvgIpc) is 1.94. The molecule has 1 aliphatic carbocycles. The monoisotopic (exact) mass is 157 g/mol. The molecule has 0 saturated heterocycles. The van der Waals surface area contributed by atoms with Crippen molar-refractivity contribution in [2.24, 2.45) is 0 Å². The van der Waals surface area contributed by atoms with Gasteiger partial charge < -0.3 is 5.32 Å². The molecule has 0 aromatic heterocycles. The van der Waals surface area contributed by atoms with Crippen LogP contribution in [0.15, 0.2) is 22.8 Å². The lowest BCUT2D eigenvalue weighted by Crippen LogP contribution is -2.11. The first-order valence-corrected chi connectivity index (χ1v) is 3.92. The highest BCUT2D eigenvalue weighted by Gasteiger charge is 2.03. The SMILES string of the molecule is CNCC1=CCCC=C1Cl. The highest BCUT2D eigenvalue weighted by Crippen LogP contribution is 2.20. The molecule has 0 unspecified atom stereocenters. The van der Waals surface area contributed by atoms with E-state index in [1.54, 1.807) is 0 Å². The zero-order valence-corrected chi connectivity index (χ0v) is 6.91. The standard InChI is InChI=1S/C8H12ClN/c1-10-6-7-4-2-3-5-8(7)9/h4-5,10H,2-3,6H2,1H3. The maximum absolute atomic E-state index is 5.91. The van der Waals surface area contributed by atoms with Gasteiger partial charge in [0.1, 0.15) is 0 Å². The van der Waals surface area contributed by atoms with Crippen LogP contribution in [0.2, 0.25) is 0 Å². The summed E-state index contributed by atoms with van der Waals surface area (Å²) in [7, 11) is 1.93.